The van der Waals surface area contributed by atoms with Gasteiger partial charge in [0, 0.05) is 56.3 Å². The molecule has 1 aliphatic carbocycles. The molecular formula is C14H21N5. The number of nitrogens with zero attached hydrogens (tertiary/aromatic N) is 4. The van der Waals surface area contributed by atoms with Crippen molar-refractivity contribution in [1.29, 1.82) is 0 Å². The summed E-state index contributed by atoms with van der Waals surface area (Å²) in [6, 6.07) is 2.81. The van der Waals surface area contributed by atoms with Crippen LogP contribution in [0.5, 0.6) is 0 Å². The van der Waals surface area contributed by atoms with Gasteiger partial charge in [0.2, 0.25) is 0 Å². The van der Waals surface area contributed by atoms with E-state index in [-0.39, 0.29) is 0 Å². The fourth-order valence-corrected chi connectivity index (χ4v) is 2.26. The molecule has 0 spiro atoms. The van der Waals surface area contributed by atoms with E-state index < -0.39 is 0 Å². The van der Waals surface area contributed by atoms with Crippen molar-refractivity contribution in [1.82, 2.24) is 24.9 Å². The quantitative estimate of drug-likeness (QED) is 0.853. The van der Waals surface area contributed by atoms with Gasteiger partial charge in [-0.25, -0.2) is 0 Å². The smallest absolute Gasteiger partial charge is 0.0638 e. The molecule has 5 heteroatoms. The third kappa shape index (κ3) is 3.04. The minimum atomic E-state index is 0.747. The van der Waals surface area contributed by atoms with Crippen molar-refractivity contribution in [3.05, 3.63) is 35.4 Å². The van der Waals surface area contributed by atoms with E-state index in [1.807, 2.05) is 22.6 Å². The van der Waals surface area contributed by atoms with Crippen LogP contribution in [0.1, 0.15) is 29.8 Å². The Hall–Kier alpha value is -1.62. The van der Waals surface area contributed by atoms with Crippen LogP contribution in [0.3, 0.4) is 0 Å². The molecular weight excluding hydrogens is 238 g/mol. The van der Waals surface area contributed by atoms with Gasteiger partial charge in [0.25, 0.3) is 0 Å². The molecule has 0 radical (unpaired) electrons. The molecule has 102 valence electrons. The number of aryl methyl sites for hydroxylation is 4. The molecule has 0 aliphatic heterocycles. The summed E-state index contributed by atoms with van der Waals surface area (Å²) in [5.41, 5.74) is 3.70. The highest BCUT2D eigenvalue weighted by Crippen LogP contribution is 2.19. The average molecular weight is 259 g/mol. The zero-order chi connectivity index (χ0) is 13.2. The highest BCUT2D eigenvalue weighted by Gasteiger charge is 2.20. The topological polar surface area (TPSA) is 47.7 Å². The van der Waals surface area contributed by atoms with Crippen LogP contribution < -0.4 is 5.32 Å². The van der Waals surface area contributed by atoms with Crippen LogP contribution in [0, 0.1) is 6.92 Å². The Bertz CT molecular complexity index is 550. The van der Waals surface area contributed by atoms with Crippen molar-refractivity contribution in [2.24, 2.45) is 7.05 Å². The molecule has 1 saturated carbocycles. The van der Waals surface area contributed by atoms with Crippen LogP contribution in [0.25, 0.3) is 0 Å². The maximum Gasteiger partial charge on any atom is 0.0638 e. The summed E-state index contributed by atoms with van der Waals surface area (Å²) in [7, 11) is 1.98. The Labute approximate surface area is 113 Å². The normalized spacial score (nSPS) is 15.1. The first-order chi connectivity index (χ1) is 9.22. The molecule has 0 bridgehead atoms. The molecule has 3 rings (SSSR count). The molecule has 2 aromatic rings. The van der Waals surface area contributed by atoms with Crippen LogP contribution in [-0.4, -0.2) is 25.6 Å². The first kappa shape index (κ1) is 12.4. The Morgan fingerprint density at radius 3 is 2.95 bits per heavy atom. The number of nitrogens with one attached hydrogen (secondary N) is 1. The van der Waals surface area contributed by atoms with Gasteiger partial charge < -0.3 is 5.32 Å². The van der Waals surface area contributed by atoms with Gasteiger partial charge >= 0.3 is 0 Å². The molecule has 0 atom stereocenters. The highest BCUT2D eigenvalue weighted by atomic mass is 15.3. The van der Waals surface area contributed by atoms with E-state index in [0.717, 1.165) is 31.2 Å². The molecule has 2 heterocycles. The van der Waals surface area contributed by atoms with Crippen molar-refractivity contribution in [2.45, 2.75) is 45.3 Å². The van der Waals surface area contributed by atoms with Crippen LogP contribution >= 0.6 is 0 Å². The van der Waals surface area contributed by atoms with Gasteiger partial charge in [0.15, 0.2) is 0 Å². The van der Waals surface area contributed by atoms with Gasteiger partial charge in [-0.1, -0.05) is 0 Å². The summed E-state index contributed by atoms with van der Waals surface area (Å²) in [6.07, 6.45) is 7.63. The monoisotopic (exact) mass is 259 g/mol. The second-order valence-corrected chi connectivity index (χ2v) is 5.35. The highest BCUT2D eigenvalue weighted by molar-refractivity contribution is 5.15. The number of hydrogen-bond acceptors (Lipinski definition) is 3. The maximum atomic E-state index is 4.59. The summed E-state index contributed by atoms with van der Waals surface area (Å²) in [6.45, 7) is 3.94. The van der Waals surface area contributed by atoms with E-state index in [1.54, 1.807) is 0 Å². The fourth-order valence-electron chi connectivity index (χ4n) is 2.26. The Morgan fingerprint density at radius 1 is 1.42 bits per heavy atom. The molecule has 19 heavy (non-hydrogen) atoms. The Balaban J connectivity index is 1.58. The second-order valence-electron chi connectivity index (χ2n) is 5.35. The van der Waals surface area contributed by atoms with Gasteiger partial charge in [-0.05, 0) is 25.8 Å². The molecule has 0 unspecified atom stereocenters. The SMILES string of the molecule is Cc1nn(CCc2ccnn2C)cc1CNC1CC1. The summed E-state index contributed by atoms with van der Waals surface area (Å²) < 4.78 is 3.97. The van der Waals surface area contributed by atoms with Crippen molar-refractivity contribution < 1.29 is 0 Å². The third-order valence-corrected chi connectivity index (χ3v) is 3.73. The van der Waals surface area contributed by atoms with Crippen LogP contribution in [0.15, 0.2) is 18.5 Å². The zero-order valence-corrected chi connectivity index (χ0v) is 11.6. The second kappa shape index (κ2) is 5.17. The molecule has 0 saturated heterocycles. The first-order valence-corrected chi connectivity index (χ1v) is 6.95. The van der Waals surface area contributed by atoms with Gasteiger partial charge in [-0.15, -0.1) is 0 Å². The van der Waals surface area contributed by atoms with Crippen LogP contribution in [-0.2, 0) is 26.6 Å². The van der Waals surface area contributed by atoms with Crippen molar-refractivity contribution in [3.63, 3.8) is 0 Å². The van der Waals surface area contributed by atoms with E-state index >= 15 is 0 Å². The molecule has 2 aromatic heterocycles. The van der Waals surface area contributed by atoms with E-state index in [9.17, 15) is 0 Å². The number of aromatic nitrogens is 4. The molecule has 5 nitrogen and oxygen atoms in total. The summed E-state index contributed by atoms with van der Waals surface area (Å²) in [5, 5.41) is 12.3. The van der Waals surface area contributed by atoms with Crippen LogP contribution in [0.4, 0.5) is 0 Å². The summed E-state index contributed by atoms with van der Waals surface area (Å²) >= 11 is 0. The van der Waals surface area contributed by atoms with E-state index in [4.69, 9.17) is 0 Å². The van der Waals surface area contributed by atoms with Gasteiger partial charge in [0.1, 0.15) is 0 Å². The molecule has 1 N–H and O–H groups in total. The minimum absolute atomic E-state index is 0.747. The van der Waals surface area contributed by atoms with E-state index in [0.29, 0.717) is 0 Å². The average Bonchev–Trinajstić information content (AvgIpc) is 3.03. The van der Waals surface area contributed by atoms with Gasteiger partial charge in [-0.3, -0.25) is 9.36 Å². The van der Waals surface area contributed by atoms with Gasteiger partial charge in [0.05, 0.1) is 5.69 Å². The predicted octanol–water partition coefficient (Wildman–Crippen LogP) is 1.42. The molecule has 1 fully saturated rings. The number of rotatable bonds is 6. The molecule has 0 amide bonds. The Kier molecular flexibility index (Phi) is 3.38. The number of hydrogen-bond donors (Lipinski definition) is 1. The van der Waals surface area contributed by atoms with Gasteiger partial charge in [-0.2, -0.15) is 10.2 Å². The molecule has 0 aromatic carbocycles. The molecule has 1 aliphatic rings. The van der Waals surface area contributed by atoms with Crippen molar-refractivity contribution >= 4 is 0 Å². The standard InChI is InChI=1S/C14H21N5/c1-11-12(9-15-13-3-4-13)10-19(17-11)8-6-14-5-7-16-18(14)2/h5,7,10,13,15H,3-4,6,8-9H2,1-2H3. The van der Waals surface area contributed by atoms with E-state index in [1.165, 1.54) is 24.1 Å². The maximum absolute atomic E-state index is 4.59. The largest absolute Gasteiger partial charge is 0.310 e. The van der Waals surface area contributed by atoms with Crippen LogP contribution in [0.2, 0.25) is 0 Å². The van der Waals surface area contributed by atoms with Crippen molar-refractivity contribution in [2.75, 3.05) is 0 Å². The predicted molar refractivity (Wildman–Crippen MR) is 73.7 cm³/mol. The summed E-state index contributed by atoms with van der Waals surface area (Å²) in [5.74, 6) is 0. The lowest BCUT2D eigenvalue weighted by atomic mass is 10.2. The lowest BCUT2D eigenvalue weighted by molar-refractivity contribution is 0.582. The minimum Gasteiger partial charge on any atom is -0.310 e. The fraction of sp³-hybridized carbons (Fsp3) is 0.571. The lowest BCUT2D eigenvalue weighted by Gasteiger charge is -2.02. The summed E-state index contributed by atoms with van der Waals surface area (Å²) in [4.78, 5) is 0. The van der Waals surface area contributed by atoms with E-state index in [2.05, 4.69) is 34.7 Å². The Morgan fingerprint density at radius 2 is 2.26 bits per heavy atom. The third-order valence-electron chi connectivity index (χ3n) is 3.73. The first-order valence-electron chi connectivity index (χ1n) is 6.95. The zero-order valence-electron chi connectivity index (χ0n) is 11.6. The lowest BCUT2D eigenvalue weighted by Crippen LogP contribution is -2.15. The van der Waals surface area contributed by atoms with Crippen molar-refractivity contribution in [3.8, 4) is 0 Å².